The van der Waals surface area contributed by atoms with Crippen LogP contribution in [0.4, 0.5) is 0 Å². The second-order valence-corrected chi connectivity index (χ2v) is 6.01. The van der Waals surface area contributed by atoms with Gasteiger partial charge in [-0.05, 0) is 35.6 Å². The first-order valence-electron chi connectivity index (χ1n) is 8.41. The van der Waals surface area contributed by atoms with Gasteiger partial charge in [0.15, 0.2) is 0 Å². The van der Waals surface area contributed by atoms with Gasteiger partial charge in [-0.25, -0.2) is 0 Å². The fourth-order valence-corrected chi connectivity index (χ4v) is 2.85. The van der Waals surface area contributed by atoms with E-state index in [1.807, 2.05) is 12.1 Å². The Kier molecular flexibility index (Phi) is 7.80. The molecule has 1 aromatic carbocycles. The van der Waals surface area contributed by atoms with E-state index < -0.39 is 0 Å². The van der Waals surface area contributed by atoms with Crippen LogP contribution in [0.15, 0.2) is 25.3 Å². The number of rotatable bonds is 9. The topological polar surface area (TPSA) is 56.8 Å². The number of nitriles is 2. The third-order valence-electron chi connectivity index (χ3n) is 4.40. The number of methoxy groups -OCH3 is 1. The molecule has 3 heteroatoms. The van der Waals surface area contributed by atoms with E-state index in [4.69, 9.17) is 4.74 Å². The van der Waals surface area contributed by atoms with Crippen molar-refractivity contribution in [1.29, 1.82) is 10.5 Å². The normalized spacial score (nSPS) is 11.2. The summed E-state index contributed by atoms with van der Waals surface area (Å²) in [5.74, 6) is 1.10. The van der Waals surface area contributed by atoms with Gasteiger partial charge in [0, 0.05) is 5.56 Å². The summed E-state index contributed by atoms with van der Waals surface area (Å²) in [6.07, 6.45) is 5.47. The second-order valence-electron chi connectivity index (χ2n) is 6.01. The summed E-state index contributed by atoms with van der Waals surface area (Å²) in [6.45, 7) is 12.1. The van der Waals surface area contributed by atoms with E-state index in [-0.39, 0.29) is 0 Å². The van der Waals surface area contributed by atoms with Gasteiger partial charge < -0.3 is 4.74 Å². The zero-order chi connectivity index (χ0) is 18.1. The molecule has 24 heavy (non-hydrogen) atoms. The van der Waals surface area contributed by atoms with Gasteiger partial charge in [0.1, 0.15) is 5.75 Å². The maximum absolute atomic E-state index is 9.27. The predicted molar refractivity (Wildman–Crippen MR) is 99.3 cm³/mol. The molecule has 0 radical (unpaired) electrons. The van der Waals surface area contributed by atoms with Crippen molar-refractivity contribution >= 4 is 11.1 Å². The van der Waals surface area contributed by atoms with Gasteiger partial charge in [0.2, 0.25) is 0 Å². The Morgan fingerprint density at radius 1 is 1.12 bits per heavy atom. The molecule has 0 saturated heterocycles. The van der Waals surface area contributed by atoms with Crippen LogP contribution in [0.1, 0.15) is 56.2 Å². The fourth-order valence-electron chi connectivity index (χ4n) is 2.85. The quantitative estimate of drug-likeness (QED) is 0.562. The SMILES string of the molecule is C=C(C#N)c1cc(OC)c(C(=C)C#N)cc1CC(CC)CCCC. The number of benzene rings is 1. The Bertz CT molecular complexity index is 689. The summed E-state index contributed by atoms with van der Waals surface area (Å²) >= 11 is 0. The molecule has 0 aliphatic carbocycles. The molecule has 3 nitrogen and oxygen atoms in total. The van der Waals surface area contributed by atoms with E-state index in [1.165, 1.54) is 12.8 Å². The molecular formula is C21H26N2O. The molecule has 0 fully saturated rings. The van der Waals surface area contributed by atoms with Crippen molar-refractivity contribution in [2.24, 2.45) is 5.92 Å². The minimum atomic E-state index is 0.365. The number of nitrogens with zero attached hydrogens (tertiary/aromatic N) is 2. The molecule has 126 valence electrons. The fraction of sp³-hybridized carbons (Fsp3) is 0.429. The van der Waals surface area contributed by atoms with E-state index in [2.05, 4.69) is 39.1 Å². The van der Waals surface area contributed by atoms with Crippen LogP contribution in [0.2, 0.25) is 0 Å². The number of hydrogen-bond donors (Lipinski definition) is 0. The molecule has 0 saturated carbocycles. The largest absolute Gasteiger partial charge is 0.496 e. The maximum Gasteiger partial charge on any atom is 0.128 e. The predicted octanol–water partition coefficient (Wildman–Crippen LogP) is 5.53. The molecule has 0 amide bonds. The summed E-state index contributed by atoms with van der Waals surface area (Å²) in [4.78, 5) is 0. The number of allylic oxidation sites excluding steroid dienone is 2. The Morgan fingerprint density at radius 2 is 1.75 bits per heavy atom. The first-order chi connectivity index (χ1) is 11.5. The average Bonchev–Trinajstić information content (AvgIpc) is 2.62. The molecule has 0 spiro atoms. The Labute approximate surface area is 145 Å². The molecule has 0 aliphatic rings. The Morgan fingerprint density at radius 3 is 2.25 bits per heavy atom. The van der Waals surface area contributed by atoms with Gasteiger partial charge in [-0.1, -0.05) is 52.7 Å². The van der Waals surface area contributed by atoms with E-state index in [0.29, 0.717) is 28.4 Å². The summed E-state index contributed by atoms with van der Waals surface area (Å²) in [6, 6.07) is 7.97. The molecule has 0 aromatic heterocycles. The second kappa shape index (κ2) is 9.58. The van der Waals surface area contributed by atoms with Crippen molar-refractivity contribution in [3.05, 3.63) is 42.0 Å². The van der Waals surface area contributed by atoms with Gasteiger partial charge in [0.05, 0.1) is 30.4 Å². The van der Waals surface area contributed by atoms with Crippen molar-refractivity contribution in [3.8, 4) is 17.9 Å². The van der Waals surface area contributed by atoms with Gasteiger partial charge in [-0.15, -0.1) is 0 Å². The lowest BCUT2D eigenvalue weighted by molar-refractivity contribution is 0.412. The smallest absolute Gasteiger partial charge is 0.128 e. The lowest BCUT2D eigenvalue weighted by Gasteiger charge is -2.19. The van der Waals surface area contributed by atoms with Crippen LogP contribution < -0.4 is 4.74 Å². The highest BCUT2D eigenvalue weighted by Gasteiger charge is 2.17. The molecule has 1 aromatic rings. The Hall–Kier alpha value is -2.52. The summed E-state index contributed by atoms with van der Waals surface area (Å²) in [5, 5.41) is 18.5. The van der Waals surface area contributed by atoms with Gasteiger partial charge >= 0.3 is 0 Å². The van der Waals surface area contributed by atoms with Crippen molar-refractivity contribution in [1.82, 2.24) is 0 Å². The molecule has 0 N–H and O–H groups in total. The molecular weight excluding hydrogens is 296 g/mol. The highest BCUT2D eigenvalue weighted by atomic mass is 16.5. The summed E-state index contributed by atoms with van der Waals surface area (Å²) < 4.78 is 5.39. The zero-order valence-electron chi connectivity index (χ0n) is 15.0. The van der Waals surface area contributed by atoms with Crippen LogP contribution in [0.25, 0.3) is 11.1 Å². The van der Waals surface area contributed by atoms with Crippen LogP contribution in [-0.2, 0) is 6.42 Å². The third-order valence-corrected chi connectivity index (χ3v) is 4.40. The van der Waals surface area contributed by atoms with Crippen molar-refractivity contribution in [2.75, 3.05) is 7.11 Å². The number of unbranched alkanes of at least 4 members (excludes halogenated alkanes) is 1. The molecule has 0 heterocycles. The number of hydrogen-bond acceptors (Lipinski definition) is 3. The number of ether oxygens (including phenoxy) is 1. The third kappa shape index (κ3) is 4.74. The molecule has 1 rings (SSSR count). The van der Waals surface area contributed by atoms with Crippen molar-refractivity contribution < 1.29 is 4.74 Å². The van der Waals surface area contributed by atoms with Crippen LogP contribution in [0.3, 0.4) is 0 Å². The monoisotopic (exact) mass is 322 g/mol. The summed E-state index contributed by atoms with van der Waals surface area (Å²) in [5.41, 5.74) is 3.32. The highest BCUT2D eigenvalue weighted by Crippen LogP contribution is 2.33. The lowest BCUT2D eigenvalue weighted by Crippen LogP contribution is -2.07. The molecule has 0 aliphatic heterocycles. The van der Waals surface area contributed by atoms with E-state index in [9.17, 15) is 10.5 Å². The van der Waals surface area contributed by atoms with Crippen LogP contribution >= 0.6 is 0 Å². The zero-order valence-corrected chi connectivity index (χ0v) is 15.0. The summed E-state index contributed by atoms with van der Waals surface area (Å²) in [7, 11) is 1.55. The first-order valence-corrected chi connectivity index (χ1v) is 8.41. The van der Waals surface area contributed by atoms with Crippen molar-refractivity contribution in [2.45, 2.75) is 46.0 Å². The van der Waals surface area contributed by atoms with E-state index in [1.54, 1.807) is 7.11 Å². The molecule has 1 unspecified atom stereocenters. The van der Waals surface area contributed by atoms with Crippen LogP contribution in [0, 0.1) is 28.6 Å². The van der Waals surface area contributed by atoms with E-state index >= 15 is 0 Å². The van der Waals surface area contributed by atoms with E-state index in [0.717, 1.165) is 30.4 Å². The highest BCUT2D eigenvalue weighted by molar-refractivity contribution is 5.84. The standard InChI is InChI=1S/C21H26N2O/c1-6-8-9-17(7-2)10-18-11-20(16(4)14-23)21(24-5)12-19(18)15(3)13-22/h11-12,17H,3-4,6-10H2,1-2,5H3. The van der Waals surface area contributed by atoms with Crippen LogP contribution in [0.5, 0.6) is 5.75 Å². The average molecular weight is 322 g/mol. The van der Waals surface area contributed by atoms with Gasteiger partial charge in [0.25, 0.3) is 0 Å². The minimum Gasteiger partial charge on any atom is -0.496 e. The lowest BCUT2D eigenvalue weighted by atomic mass is 9.86. The minimum absolute atomic E-state index is 0.365. The van der Waals surface area contributed by atoms with Gasteiger partial charge in [-0.3, -0.25) is 0 Å². The molecule has 0 bridgehead atoms. The molecule has 1 atom stereocenters. The van der Waals surface area contributed by atoms with Crippen molar-refractivity contribution in [3.63, 3.8) is 0 Å². The maximum atomic E-state index is 9.27. The Balaban J connectivity index is 3.38. The van der Waals surface area contributed by atoms with Gasteiger partial charge in [-0.2, -0.15) is 10.5 Å². The first kappa shape index (κ1) is 19.5. The van der Waals surface area contributed by atoms with Crippen LogP contribution in [-0.4, -0.2) is 7.11 Å².